The van der Waals surface area contributed by atoms with Crippen molar-refractivity contribution < 1.29 is 27.5 Å². The van der Waals surface area contributed by atoms with Gasteiger partial charge in [-0.3, -0.25) is 14.5 Å². The molecule has 3 rings (SSSR count). The van der Waals surface area contributed by atoms with E-state index < -0.39 is 16.0 Å². The first-order valence-corrected chi connectivity index (χ1v) is 13.0. The average Bonchev–Trinajstić information content (AvgIpc) is 3.08. The predicted octanol–water partition coefficient (Wildman–Crippen LogP) is 0.496. The third kappa shape index (κ3) is 5.94. The van der Waals surface area contributed by atoms with E-state index in [1.54, 1.807) is 31.1 Å². The Labute approximate surface area is 201 Å². The van der Waals surface area contributed by atoms with Crippen molar-refractivity contribution >= 4 is 27.8 Å². The lowest BCUT2D eigenvalue weighted by Gasteiger charge is -2.33. The molecule has 0 unspecified atom stereocenters. The van der Waals surface area contributed by atoms with Crippen molar-refractivity contribution in [2.75, 3.05) is 67.0 Å². The largest absolute Gasteiger partial charge is 0.465 e. The van der Waals surface area contributed by atoms with Crippen molar-refractivity contribution in [2.45, 2.75) is 24.2 Å². The maximum absolute atomic E-state index is 13.2. The fraction of sp³-hybridized carbons (Fsp3) is 0.609. The van der Waals surface area contributed by atoms with Gasteiger partial charge in [0.05, 0.1) is 24.1 Å². The van der Waals surface area contributed by atoms with Gasteiger partial charge in [0, 0.05) is 59.3 Å². The van der Waals surface area contributed by atoms with Crippen LogP contribution in [0.2, 0.25) is 0 Å². The highest BCUT2D eigenvalue weighted by Crippen LogP contribution is 2.27. The first-order chi connectivity index (χ1) is 16.1. The lowest BCUT2D eigenvalue weighted by atomic mass is 9.96. The van der Waals surface area contributed by atoms with Crippen LogP contribution in [-0.4, -0.2) is 112 Å². The maximum atomic E-state index is 13.2. The molecule has 0 aliphatic carbocycles. The van der Waals surface area contributed by atoms with Gasteiger partial charge in [0.2, 0.25) is 21.8 Å². The molecule has 2 heterocycles. The third-order valence-electron chi connectivity index (χ3n) is 6.47. The van der Waals surface area contributed by atoms with Crippen LogP contribution in [0.4, 0.5) is 0 Å². The highest BCUT2D eigenvalue weighted by atomic mass is 32.2. The molecule has 2 saturated heterocycles. The molecular weight excluding hydrogens is 460 g/mol. The van der Waals surface area contributed by atoms with Crippen LogP contribution in [0.25, 0.3) is 0 Å². The topological polar surface area (TPSA) is 108 Å². The van der Waals surface area contributed by atoms with Crippen molar-refractivity contribution in [1.82, 2.24) is 19.0 Å². The first-order valence-electron chi connectivity index (χ1n) is 11.5. The zero-order valence-corrected chi connectivity index (χ0v) is 20.9. The van der Waals surface area contributed by atoms with E-state index in [-0.39, 0.29) is 41.3 Å². The summed E-state index contributed by atoms with van der Waals surface area (Å²) >= 11 is 0. The zero-order chi connectivity index (χ0) is 24.9. The number of carbonyl (C=O) groups excluding carboxylic acids is 3. The second-order valence-electron chi connectivity index (χ2n) is 8.91. The number of sulfonamides is 1. The van der Waals surface area contributed by atoms with Gasteiger partial charge in [0.25, 0.3) is 0 Å². The Bertz CT molecular complexity index is 1000. The molecule has 1 aromatic rings. The van der Waals surface area contributed by atoms with E-state index in [1.807, 2.05) is 4.90 Å². The maximum Gasteiger partial charge on any atom is 0.339 e. The van der Waals surface area contributed by atoms with Gasteiger partial charge in [-0.05, 0) is 31.4 Å². The van der Waals surface area contributed by atoms with Crippen molar-refractivity contribution in [3.05, 3.63) is 29.8 Å². The summed E-state index contributed by atoms with van der Waals surface area (Å²) in [6, 6.07) is 6.01. The summed E-state index contributed by atoms with van der Waals surface area (Å²) in [5.41, 5.74) is 0.00469. The van der Waals surface area contributed by atoms with E-state index in [1.165, 1.54) is 23.5 Å². The molecule has 0 bridgehead atoms. The minimum absolute atomic E-state index is 0.00469. The minimum Gasteiger partial charge on any atom is -0.465 e. The summed E-state index contributed by atoms with van der Waals surface area (Å²) in [5, 5.41) is 0. The van der Waals surface area contributed by atoms with Crippen LogP contribution in [0.5, 0.6) is 0 Å². The third-order valence-corrected chi connectivity index (χ3v) is 8.43. The number of likely N-dealkylation sites (N-methyl/N-ethyl adjacent to an activating group) is 1. The molecule has 2 amide bonds. The zero-order valence-electron chi connectivity index (χ0n) is 20.1. The number of hydrogen-bond donors (Lipinski definition) is 0. The summed E-state index contributed by atoms with van der Waals surface area (Å²) in [6.45, 7) is 3.37. The number of benzene rings is 1. The van der Waals surface area contributed by atoms with Crippen molar-refractivity contribution in [3.63, 3.8) is 0 Å². The van der Waals surface area contributed by atoms with Crippen molar-refractivity contribution in [2.24, 2.45) is 5.92 Å². The van der Waals surface area contributed by atoms with Gasteiger partial charge in [-0.1, -0.05) is 12.1 Å². The Morgan fingerprint density at radius 2 is 1.68 bits per heavy atom. The van der Waals surface area contributed by atoms with Crippen LogP contribution < -0.4 is 0 Å². The molecule has 188 valence electrons. The lowest BCUT2D eigenvalue weighted by Crippen LogP contribution is -2.45. The quantitative estimate of drug-likeness (QED) is 0.530. The molecule has 0 radical (unpaired) electrons. The summed E-state index contributed by atoms with van der Waals surface area (Å²) in [6.07, 6.45) is 1.65. The molecule has 0 N–H and O–H groups in total. The van der Waals surface area contributed by atoms with Crippen molar-refractivity contribution in [1.29, 1.82) is 0 Å². The molecule has 0 aromatic heterocycles. The molecule has 0 spiro atoms. The Hall–Kier alpha value is -2.50. The van der Waals surface area contributed by atoms with Gasteiger partial charge in [-0.2, -0.15) is 4.31 Å². The number of methoxy groups -OCH3 is 1. The predicted molar refractivity (Wildman–Crippen MR) is 126 cm³/mol. The lowest BCUT2D eigenvalue weighted by molar-refractivity contribution is -0.136. The number of esters is 1. The van der Waals surface area contributed by atoms with Crippen LogP contribution in [0, 0.1) is 5.92 Å². The van der Waals surface area contributed by atoms with Gasteiger partial charge < -0.3 is 14.5 Å². The molecule has 11 heteroatoms. The van der Waals surface area contributed by atoms with E-state index in [0.29, 0.717) is 39.0 Å². The standard InChI is InChI=1S/C23H34N4O6S/c1-24(2)21(28)17-25-11-6-12-26(16-15-25)22(29)18-9-13-27(14-10-18)34(31,32)20-8-5-4-7-19(20)23(30)33-3/h4-5,7-8,18H,6,9-17H2,1-3H3. The monoisotopic (exact) mass is 494 g/mol. The highest BCUT2D eigenvalue weighted by Gasteiger charge is 2.36. The second-order valence-corrected chi connectivity index (χ2v) is 10.8. The van der Waals surface area contributed by atoms with Crippen LogP contribution in [0.1, 0.15) is 29.6 Å². The molecule has 2 aliphatic rings. The summed E-state index contributed by atoms with van der Waals surface area (Å²) in [7, 11) is 0.790. The molecule has 2 aliphatic heterocycles. The van der Waals surface area contributed by atoms with E-state index in [9.17, 15) is 22.8 Å². The van der Waals surface area contributed by atoms with Crippen molar-refractivity contribution in [3.8, 4) is 0 Å². The fourth-order valence-corrected chi connectivity index (χ4v) is 6.04. The Morgan fingerprint density at radius 3 is 2.32 bits per heavy atom. The van der Waals surface area contributed by atoms with Crippen LogP contribution in [-0.2, 0) is 24.3 Å². The fourth-order valence-electron chi connectivity index (χ4n) is 4.39. The summed E-state index contributed by atoms with van der Waals surface area (Å²) < 4.78 is 32.5. The average molecular weight is 495 g/mol. The SMILES string of the molecule is COC(=O)c1ccccc1S(=O)(=O)N1CCC(C(=O)N2CCCN(CC(=O)N(C)C)CC2)CC1. The number of amides is 2. The molecule has 34 heavy (non-hydrogen) atoms. The number of carbonyl (C=O) groups is 3. The minimum atomic E-state index is -3.89. The van der Waals surface area contributed by atoms with Gasteiger partial charge >= 0.3 is 5.97 Å². The summed E-state index contributed by atoms with van der Waals surface area (Å²) in [5.74, 6) is -0.848. The molecule has 0 atom stereocenters. The molecule has 10 nitrogen and oxygen atoms in total. The normalized spacial score (nSPS) is 18.9. The number of nitrogens with zero attached hydrogens (tertiary/aromatic N) is 4. The van der Waals surface area contributed by atoms with Crippen LogP contribution >= 0.6 is 0 Å². The van der Waals surface area contributed by atoms with Crippen LogP contribution in [0.3, 0.4) is 0 Å². The molecular formula is C23H34N4O6S. The van der Waals surface area contributed by atoms with Gasteiger partial charge in [-0.25, -0.2) is 13.2 Å². The Kier molecular flexibility index (Phi) is 8.67. The van der Waals surface area contributed by atoms with E-state index in [2.05, 4.69) is 4.90 Å². The Morgan fingerprint density at radius 1 is 1.00 bits per heavy atom. The molecule has 2 fully saturated rings. The van der Waals surface area contributed by atoms with E-state index in [0.717, 1.165) is 13.0 Å². The highest BCUT2D eigenvalue weighted by molar-refractivity contribution is 7.89. The molecule has 0 saturated carbocycles. The number of ether oxygens (including phenoxy) is 1. The van der Waals surface area contributed by atoms with Gasteiger partial charge in [0.15, 0.2) is 0 Å². The number of piperidine rings is 1. The number of hydrogen-bond acceptors (Lipinski definition) is 7. The van der Waals surface area contributed by atoms with Crippen LogP contribution in [0.15, 0.2) is 29.2 Å². The van der Waals surface area contributed by atoms with Gasteiger partial charge in [0.1, 0.15) is 0 Å². The Balaban J connectivity index is 1.59. The number of rotatable bonds is 6. The van der Waals surface area contributed by atoms with Gasteiger partial charge in [-0.15, -0.1) is 0 Å². The van der Waals surface area contributed by atoms with E-state index in [4.69, 9.17) is 4.74 Å². The molecule has 1 aromatic carbocycles. The first kappa shape index (κ1) is 26.1. The smallest absolute Gasteiger partial charge is 0.339 e. The second kappa shape index (κ2) is 11.3. The summed E-state index contributed by atoms with van der Waals surface area (Å²) in [4.78, 5) is 42.6. The van der Waals surface area contributed by atoms with E-state index >= 15 is 0 Å².